The van der Waals surface area contributed by atoms with Crippen LogP contribution in [0.15, 0.2) is 57.7 Å². The van der Waals surface area contributed by atoms with Gasteiger partial charge in [0.15, 0.2) is 13.2 Å². The molecule has 3 rings (SSSR count). The van der Waals surface area contributed by atoms with Gasteiger partial charge in [0, 0.05) is 29.1 Å². The lowest BCUT2D eigenvalue weighted by molar-refractivity contribution is -0.150. The molecule has 0 fully saturated rings. The summed E-state index contributed by atoms with van der Waals surface area (Å²) in [6.07, 6.45) is 0. The summed E-state index contributed by atoms with van der Waals surface area (Å²) in [6, 6.07) is 13.4. The van der Waals surface area contributed by atoms with E-state index in [-0.39, 0.29) is 13.2 Å². The van der Waals surface area contributed by atoms with Crippen LogP contribution in [0.3, 0.4) is 0 Å². The third kappa shape index (κ3) is 5.83. The predicted octanol–water partition coefficient (Wildman–Crippen LogP) is 2.99. The third-order valence-corrected chi connectivity index (χ3v) is 4.26. The molecule has 0 aliphatic carbocycles. The van der Waals surface area contributed by atoms with Gasteiger partial charge in [-0.25, -0.2) is 9.59 Å². The molecule has 1 aromatic heterocycles. The summed E-state index contributed by atoms with van der Waals surface area (Å²) in [7, 11) is 0. The lowest BCUT2D eigenvalue weighted by Crippen LogP contribution is -2.29. The number of halogens is 1. The summed E-state index contributed by atoms with van der Waals surface area (Å²) < 4.78 is 15.4. The second-order valence-electron chi connectivity index (χ2n) is 6.26. The van der Waals surface area contributed by atoms with Gasteiger partial charge in [0.25, 0.3) is 5.91 Å². The number of ether oxygens (including phenoxy) is 2. The number of esters is 1. The van der Waals surface area contributed by atoms with E-state index in [0.717, 1.165) is 16.5 Å². The van der Waals surface area contributed by atoms with Crippen LogP contribution in [-0.2, 0) is 20.9 Å². The number of hydrogen-bond donors (Lipinski definition) is 1. The standard InChI is InChI=1S/C21H18ClNO6/c1-13-7-20(25)29-18-9-16(5-6-17(13)18)27-12-21(26)28-11-19(24)23-10-14-3-2-4-15(22)8-14/h2-9H,10-12H2,1H3,(H,23,24). The van der Waals surface area contributed by atoms with E-state index in [4.69, 9.17) is 25.5 Å². The summed E-state index contributed by atoms with van der Waals surface area (Å²) in [6.45, 7) is 1.27. The number of amides is 1. The van der Waals surface area contributed by atoms with Crippen LogP contribution >= 0.6 is 11.6 Å². The van der Waals surface area contributed by atoms with Crippen molar-refractivity contribution in [2.45, 2.75) is 13.5 Å². The summed E-state index contributed by atoms with van der Waals surface area (Å²) in [5, 5.41) is 3.98. The van der Waals surface area contributed by atoms with Crippen molar-refractivity contribution in [3.63, 3.8) is 0 Å². The van der Waals surface area contributed by atoms with Crippen LogP contribution < -0.4 is 15.7 Å². The van der Waals surface area contributed by atoms with Crippen molar-refractivity contribution in [1.82, 2.24) is 5.32 Å². The van der Waals surface area contributed by atoms with E-state index in [0.29, 0.717) is 16.4 Å². The van der Waals surface area contributed by atoms with Crippen molar-refractivity contribution in [3.8, 4) is 5.75 Å². The Morgan fingerprint density at radius 1 is 1.10 bits per heavy atom. The molecule has 7 nitrogen and oxygen atoms in total. The van der Waals surface area contributed by atoms with E-state index in [1.165, 1.54) is 12.1 Å². The molecule has 0 aliphatic rings. The number of aryl methyl sites for hydroxylation is 1. The van der Waals surface area contributed by atoms with Crippen LogP contribution in [0, 0.1) is 6.92 Å². The minimum Gasteiger partial charge on any atom is -0.482 e. The maximum Gasteiger partial charge on any atom is 0.344 e. The molecule has 29 heavy (non-hydrogen) atoms. The second kappa shape index (κ2) is 9.25. The van der Waals surface area contributed by atoms with Gasteiger partial charge in [-0.15, -0.1) is 0 Å². The third-order valence-electron chi connectivity index (χ3n) is 4.02. The van der Waals surface area contributed by atoms with E-state index in [1.54, 1.807) is 37.3 Å². The highest BCUT2D eigenvalue weighted by atomic mass is 35.5. The first-order valence-corrected chi connectivity index (χ1v) is 9.12. The average molecular weight is 416 g/mol. The first-order chi connectivity index (χ1) is 13.9. The average Bonchev–Trinajstić information content (AvgIpc) is 2.68. The van der Waals surface area contributed by atoms with E-state index in [1.807, 2.05) is 6.07 Å². The molecule has 1 amide bonds. The Kier molecular flexibility index (Phi) is 6.51. The number of fused-ring (bicyclic) bond motifs is 1. The van der Waals surface area contributed by atoms with Crippen LogP contribution in [0.2, 0.25) is 5.02 Å². The molecule has 1 N–H and O–H groups in total. The number of hydrogen-bond acceptors (Lipinski definition) is 6. The molecule has 0 atom stereocenters. The Labute approximate surface area is 171 Å². The van der Waals surface area contributed by atoms with Crippen LogP contribution in [0.4, 0.5) is 0 Å². The van der Waals surface area contributed by atoms with E-state index < -0.39 is 24.1 Å². The van der Waals surface area contributed by atoms with Crippen LogP contribution in [0.1, 0.15) is 11.1 Å². The van der Waals surface area contributed by atoms with E-state index in [9.17, 15) is 14.4 Å². The number of nitrogens with one attached hydrogen (secondary N) is 1. The van der Waals surface area contributed by atoms with Gasteiger partial charge in [-0.1, -0.05) is 23.7 Å². The Morgan fingerprint density at radius 3 is 2.72 bits per heavy atom. The molecule has 1 heterocycles. The van der Waals surface area contributed by atoms with Gasteiger partial charge >= 0.3 is 11.6 Å². The van der Waals surface area contributed by atoms with Crippen molar-refractivity contribution in [1.29, 1.82) is 0 Å². The lowest BCUT2D eigenvalue weighted by atomic mass is 10.1. The van der Waals surface area contributed by atoms with Crippen molar-refractivity contribution in [3.05, 3.63) is 75.1 Å². The molecule has 0 saturated carbocycles. The quantitative estimate of drug-likeness (QED) is 0.471. The number of rotatable bonds is 7. The molecule has 2 aromatic carbocycles. The van der Waals surface area contributed by atoms with Gasteiger partial charge in [0.05, 0.1) is 0 Å². The minimum absolute atomic E-state index is 0.273. The van der Waals surface area contributed by atoms with Crippen molar-refractivity contribution in [2.24, 2.45) is 0 Å². The molecular formula is C21H18ClNO6. The largest absolute Gasteiger partial charge is 0.482 e. The molecule has 150 valence electrons. The lowest BCUT2D eigenvalue weighted by Gasteiger charge is -2.09. The Morgan fingerprint density at radius 2 is 1.93 bits per heavy atom. The molecule has 0 spiro atoms. The minimum atomic E-state index is -0.700. The molecule has 0 aliphatic heterocycles. The fourth-order valence-corrected chi connectivity index (χ4v) is 2.84. The van der Waals surface area contributed by atoms with Crippen LogP contribution in [-0.4, -0.2) is 25.1 Å². The second-order valence-corrected chi connectivity index (χ2v) is 6.70. The van der Waals surface area contributed by atoms with Gasteiger partial charge < -0.3 is 19.2 Å². The fourth-order valence-electron chi connectivity index (χ4n) is 2.62. The molecule has 8 heteroatoms. The predicted molar refractivity (Wildman–Crippen MR) is 107 cm³/mol. The molecule has 0 radical (unpaired) electrons. The van der Waals surface area contributed by atoms with E-state index in [2.05, 4.69) is 5.32 Å². The maximum atomic E-state index is 11.8. The SMILES string of the molecule is Cc1cc(=O)oc2cc(OCC(=O)OCC(=O)NCc3cccc(Cl)c3)ccc12. The zero-order valence-electron chi connectivity index (χ0n) is 15.6. The van der Waals surface area contributed by atoms with Crippen molar-refractivity contribution < 1.29 is 23.5 Å². The van der Waals surface area contributed by atoms with Crippen LogP contribution in [0.5, 0.6) is 5.75 Å². The highest BCUT2D eigenvalue weighted by Crippen LogP contribution is 2.22. The van der Waals surface area contributed by atoms with Crippen LogP contribution in [0.25, 0.3) is 11.0 Å². The van der Waals surface area contributed by atoms with Crippen molar-refractivity contribution >= 4 is 34.4 Å². The zero-order chi connectivity index (χ0) is 20.8. The topological polar surface area (TPSA) is 94.8 Å². The Bertz CT molecular complexity index is 1110. The molecule has 0 bridgehead atoms. The summed E-state index contributed by atoms with van der Waals surface area (Å²) >= 11 is 5.88. The molecule has 0 unspecified atom stereocenters. The summed E-state index contributed by atoms with van der Waals surface area (Å²) in [4.78, 5) is 35.0. The highest BCUT2D eigenvalue weighted by Gasteiger charge is 2.10. The van der Waals surface area contributed by atoms with Gasteiger partial charge in [-0.05, 0) is 42.3 Å². The first kappa shape index (κ1) is 20.4. The highest BCUT2D eigenvalue weighted by molar-refractivity contribution is 6.30. The Hall–Kier alpha value is -3.32. The smallest absolute Gasteiger partial charge is 0.344 e. The zero-order valence-corrected chi connectivity index (χ0v) is 16.3. The van der Waals surface area contributed by atoms with Gasteiger partial charge in [-0.2, -0.15) is 0 Å². The first-order valence-electron chi connectivity index (χ1n) is 8.75. The van der Waals surface area contributed by atoms with Crippen molar-refractivity contribution in [2.75, 3.05) is 13.2 Å². The Balaban J connectivity index is 1.45. The fraction of sp³-hybridized carbons (Fsp3) is 0.190. The number of carbonyl (C=O) groups excluding carboxylic acids is 2. The van der Waals surface area contributed by atoms with Gasteiger partial charge in [0.2, 0.25) is 0 Å². The molecular weight excluding hydrogens is 398 g/mol. The van der Waals surface area contributed by atoms with Gasteiger partial charge in [-0.3, -0.25) is 4.79 Å². The summed E-state index contributed by atoms with van der Waals surface area (Å²) in [5.41, 5.74) is 1.52. The molecule has 3 aromatic rings. The normalized spacial score (nSPS) is 10.6. The summed E-state index contributed by atoms with van der Waals surface area (Å²) in [5.74, 6) is -0.802. The maximum absolute atomic E-state index is 11.8. The monoisotopic (exact) mass is 415 g/mol. The van der Waals surface area contributed by atoms with Gasteiger partial charge in [0.1, 0.15) is 11.3 Å². The number of carbonyl (C=O) groups is 2. The van der Waals surface area contributed by atoms with E-state index >= 15 is 0 Å². The number of benzene rings is 2. The molecule has 0 saturated heterocycles.